The zero-order chi connectivity index (χ0) is 18.4. The molecule has 0 saturated carbocycles. The molecule has 5 heteroatoms. The van der Waals surface area contributed by atoms with Gasteiger partial charge < -0.3 is 15.0 Å². The Kier molecular flexibility index (Phi) is 6.15. The van der Waals surface area contributed by atoms with Crippen LogP contribution in [0.5, 0.6) is 0 Å². The van der Waals surface area contributed by atoms with Crippen molar-refractivity contribution in [1.82, 2.24) is 9.88 Å². The fraction of sp³-hybridized carbons (Fsp3) is 0.400. The van der Waals surface area contributed by atoms with E-state index in [1.807, 2.05) is 51.1 Å². The number of hydrogen-bond acceptors (Lipinski definition) is 3. The predicted molar refractivity (Wildman–Crippen MR) is 99.6 cm³/mol. The van der Waals surface area contributed by atoms with Gasteiger partial charge >= 0.3 is 0 Å². The van der Waals surface area contributed by atoms with Crippen LogP contribution in [-0.2, 0) is 0 Å². The van der Waals surface area contributed by atoms with Gasteiger partial charge in [0.1, 0.15) is 5.56 Å². The summed E-state index contributed by atoms with van der Waals surface area (Å²) in [5.74, 6) is -0.302. The Bertz CT molecular complexity index is 761. The van der Waals surface area contributed by atoms with Crippen molar-refractivity contribution in [2.24, 2.45) is 5.41 Å². The van der Waals surface area contributed by atoms with Gasteiger partial charge in [-0.05, 0) is 29.5 Å². The largest absolute Gasteiger partial charge is 0.396 e. The molecule has 2 aromatic rings. The van der Waals surface area contributed by atoms with Crippen LogP contribution in [0.1, 0.15) is 37.6 Å². The molecule has 0 unspecified atom stereocenters. The molecule has 0 aliphatic rings. The number of aliphatic hydroxyl groups is 1. The van der Waals surface area contributed by atoms with Crippen molar-refractivity contribution in [2.75, 3.05) is 19.7 Å². The molecular formula is C20H26N2O3. The maximum atomic E-state index is 12.8. The van der Waals surface area contributed by atoms with Crippen LogP contribution in [0, 0.1) is 5.41 Å². The maximum Gasteiger partial charge on any atom is 0.261 e. The SMILES string of the molecule is CC(C)(C)CN(CCCO)C(=O)c1ccc(-c2ccccc2)[nH]c1=O. The number of nitrogens with zero attached hydrogens (tertiary/aromatic N) is 1. The predicted octanol–water partition coefficient (Wildman–Crippen LogP) is 2.91. The standard InChI is InChI=1S/C20H26N2O3/c1-20(2,3)14-22(12-7-13-23)19(25)16-10-11-17(21-18(16)24)15-8-5-4-6-9-15/h4-6,8-11,23H,7,12-14H2,1-3H3,(H,21,24). The van der Waals surface area contributed by atoms with Gasteiger partial charge in [0, 0.05) is 25.4 Å². The monoisotopic (exact) mass is 342 g/mol. The Morgan fingerprint density at radius 1 is 1.12 bits per heavy atom. The van der Waals surface area contributed by atoms with Crippen molar-refractivity contribution in [3.8, 4) is 11.3 Å². The molecule has 5 nitrogen and oxygen atoms in total. The number of pyridine rings is 1. The number of amides is 1. The second-order valence-electron chi connectivity index (χ2n) is 7.35. The van der Waals surface area contributed by atoms with Crippen LogP contribution < -0.4 is 5.56 Å². The molecule has 0 fully saturated rings. The average Bonchev–Trinajstić information content (AvgIpc) is 2.57. The molecule has 25 heavy (non-hydrogen) atoms. The van der Waals surface area contributed by atoms with E-state index in [2.05, 4.69) is 4.98 Å². The molecule has 1 heterocycles. The summed E-state index contributed by atoms with van der Waals surface area (Å²) in [4.78, 5) is 29.7. The molecule has 0 spiro atoms. The first-order valence-electron chi connectivity index (χ1n) is 8.51. The summed E-state index contributed by atoms with van der Waals surface area (Å²) in [7, 11) is 0. The van der Waals surface area contributed by atoms with Gasteiger partial charge in [0.05, 0.1) is 0 Å². The third kappa shape index (κ3) is 5.29. The molecule has 0 atom stereocenters. The summed E-state index contributed by atoms with van der Waals surface area (Å²) < 4.78 is 0. The van der Waals surface area contributed by atoms with E-state index in [-0.39, 0.29) is 23.5 Å². The van der Waals surface area contributed by atoms with Crippen molar-refractivity contribution in [1.29, 1.82) is 0 Å². The topological polar surface area (TPSA) is 73.4 Å². The van der Waals surface area contributed by atoms with E-state index in [0.717, 1.165) is 5.56 Å². The smallest absolute Gasteiger partial charge is 0.261 e. The summed E-state index contributed by atoms with van der Waals surface area (Å²) in [5.41, 5.74) is 1.21. The van der Waals surface area contributed by atoms with Crippen LogP contribution in [-0.4, -0.2) is 40.6 Å². The normalized spacial score (nSPS) is 11.4. The van der Waals surface area contributed by atoms with Crippen LogP contribution in [0.3, 0.4) is 0 Å². The lowest BCUT2D eigenvalue weighted by atomic mass is 9.95. The third-order valence-electron chi connectivity index (χ3n) is 3.76. The molecule has 0 aliphatic heterocycles. The van der Waals surface area contributed by atoms with Gasteiger partial charge in [0.25, 0.3) is 11.5 Å². The molecule has 0 radical (unpaired) electrons. The zero-order valence-corrected chi connectivity index (χ0v) is 15.1. The number of H-pyrrole nitrogens is 1. The molecule has 2 rings (SSSR count). The van der Waals surface area contributed by atoms with E-state index in [0.29, 0.717) is 25.2 Å². The van der Waals surface area contributed by atoms with Crippen molar-refractivity contribution in [2.45, 2.75) is 27.2 Å². The second-order valence-corrected chi connectivity index (χ2v) is 7.35. The molecule has 1 aromatic carbocycles. The Hall–Kier alpha value is -2.40. The Morgan fingerprint density at radius 3 is 2.36 bits per heavy atom. The number of aliphatic hydroxyl groups excluding tert-OH is 1. The fourth-order valence-corrected chi connectivity index (χ4v) is 2.69. The number of aromatic amines is 1. The van der Waals surface area contributed by atoms with E-state index in [4.69, 9.17) is 5.11 Å². The van der Waals surface area contributed by atoms with Gasteiger partial charge in [-0.3, -0.25) is 9.59 Å². The number of nitrogens with one attached hydrogen (secondary N) is 1. The number of carbonyl (C=O) groups is 1. The average molecular weight is 342 g/mol. The van der Waals surface area contributed by atoms with Crippen LogP contribution >= 0.6 is 0 Å². The molecule has 0 aliphatic carbocycles. The molecular weight excluding hydrogens is 316 g/mol. The number of rotatable bonds is 6. The van der Waals surface area contributed by atoms with E-state index < -0.39 is 5.56 Å². The summed E-state index contributed by atoms with van der Waals surface area (Å²) in [6.45, 7) is 7.06. The zero-order valence-electron chi connectivity index (χ0n) is 15.1. The molecule has 1 amide bonds. The van der Waals surface area contributed by atoms with Crippen molar-refractivity contribution in [3.05, 3.63) is 58.4 Å². The van der Waals surface area contributed by atoms with Gasteiger partial charge in [-0.15, -0.1) is 0 Å². The van der Waals surface area contributed by atoms with E-state index in [1.165, 1.54) is 0 Å². The minimum Gasteiger partial charge on any atom is -0.396 e. The molecule has 134 valence electrons. The van der Waals surface area contributed by atoms with Gasteiger partial charge in [0.2, 0.25) is 0 Å². The van der Waals surface area contributed by atoms with Crippen molar-refractivity contribution >= 4 is 5.91 Å². The van der Waals surface area contributed by atoms with Crippen molar-refractivity contribution < 1.29 is 9.90 Å². The lowest BCUT2D eigenvalue weighted by molar-refractivity contribution is 0.0680. The highest BCUT2D eigenvalue weighted by atomic mass is 16.3. The number of carbonyl (C=O) groups excluding carboxylic acids is 1. The maximum absolute atomic E-state index is 12.8. The van der Waals surface area contributed by atoms with E-state index in [1.54, 1.807) is 17.0 Å². The van der Waals surface area contributed by atoms with Gasteiger partial charge in [-0.2, -0.15) is 0 Å². The Morgan fingerprint density at radius 2 is 1.80 bits per heavy atom. The summed E-state index contributed by atoms with van der Waals surface area (Å²) in [6, 6.07) is 12.8. The van der Waals surface area contributed by atoms with E-state index in [9.17, 15) is 9.59 Å². The summed E-state index contributed by atoms with van der Waals surface area (Å²) in [6.07, 6.45) is 0.488. The van der Waals surface area contributed by atoms with Crippen LogP contribution in [0.4, 0.5) is 0 Å². The molecule has 0 bridgehead atoms. The summed E-state index contributed by atoms with van der Waals surface area (Å²) >= 11 is 0. The van der Waals surface area contributed by atoms with Crippen LogP contribution in [0.15, 0.2) is 47.3 Å². The quantitative estimate of drug-likeness (QED) is 0.848. The van der Waals surface area contributed by atoms with Gasteiger partial charge in [-0.25, -0.2) is 0 Å². The van der Waals surface area contributed by atoms with Crippen molar-refractivity contribution in [3.63, 3.8) is 0 Å². The van der Waals surface area contributed by atoms with Gasteiger partial charge in [0.15, 0.2) is 0 Å². The first kappa shape index (κ1) is 18.9. The lowest BCUT2D eigenvalue weighted by Crippen LogP contribution is -2.40. The molecule has 1 aromatic heterocycles. The molecule has 2 N–H and O–H groups in total. The third-order valence-corrected chi connectivity index (χ3v) is 3.76. The minimum absolute atomic E-state index is 0.0111. The number of benzene rings is 1. The number of aromatic nitrogens is 1. The highest BCUT2D eigenvalue weighted by Crippen LogP contribution is 2.18. The number of hydrogen-bond donors (Lipinski definition) is 2. The Balaban J connectivity index is 2.29. The summed E-state index contributed by atoms with van der Waals surface area (Å²) in [5, 5.41) is 9.08. The van der Waals surface area contributed by atoms with Crippen LogP contribution in [0.2, 0.25) is 0 Å². The Labute approximate surface area is 148 Å². The highest BCUT2D eigenvalue weighted by Gasteiger charge is 2.23. The van der Waals surface area contributed by atoms with E-state index >= 15 is 0 Å². The second kappa shape index (κ2) is 8.12. The first-order chi connectivity index (χ1) is 11.8. The first-order valence-corrected chi connectivity index (χ1v) is 8.51. The van der Waals surface area contributed by atoms with Crippen LogP contribution in [0.25, 0.3) is 11.3 Å². The minimum atomic E-state index is -0.394. The highest BCUT2D eigenvalue weighted by molar-refractivity contribution is 5.94. The van der Waals surface area contributed by atoms with Gasteiger partial charge in [-0.1, -0.05) is 51.1 Å². The lowest BCUT2D eigenvalue weighted by Gasteiger charge is -2.30. The fourth-order valence-electron chi connectivity index (χ4n) is 2.69. The molecule has 0 saturated heterocycles.